The second-order valence-corrected chi connectivity index (χ2v) is 7.57. The Morgan fingerprint density at radius 3 is 2.19 bits per heavy atom. The summed E-state index contributed by atoms with van der Waals surface area (Å²) in [6, 6.07) is 6.17. The molecular formula is C14H21NO5S. The zero-order chi connectivity index (χ0) is 15.6. The maximum Gasteiger partial charge on any atom is 0.243 e. The van der Waals surface area contributed by atoms with Crippen LogP contribution < -0.4 is 4.74 Å². The van der Waals surface area contributed by atoms with Crippen LogP contribution in [0.4, 0.5) is 0 Å². The molecule has 1 aliphatic rings. The number of sulfonamides is 1. The Hall–Kier alpha value is -1.15. The highest BCUT2D eigenvalue weighted by atomic mass is 32.2. The van der Waals surface area contributed by atoms with Gasteiger partial charge in [0.15, 0.2) is 0 Å². The highest BCUT2D eigenvalue weighted by Gasteiger charge is 2.37. The normalized spacial score (nSPS) is 23.7. The molecule has 0 aromatic heterocycles. The first-order valence-electron chi connectivity index (χ1n) is 6.90. The summed E-state index contributed by atoms with van der Waals surface area (Å²) in [4.78, 5) is 0.126. The van der Waals surface area contributed by atoms with E-state index in [0.29, 0.717) is 18.3 Å². The van der Waals surface area contributed by atoms with Crippen LogP contribution in [0.15, 0.2) is 29.2 Å². The highest BCUT2D eigenvalue weighted by molar-refractivity contribution is 7.89. The van der Waals surface area contributed by atoms with Gasteiger partial charge < -0.3 is 14.9 Å². The number of aliphatic hydroxyl groups is 2. The largest absolute Gasteiger partial charge is 0.493 e. The predicted octanol–water partition coefficient (Wildman–Crippen LogP) is 0.448. The van der Waals surface area contributed by atoms with Crippen LogP contribution in [0.25, 0.3) is 0 Å². The molecule has 1 aliphatic heterocycles. The molecule has 0 spiro atoms. The third-order valence-corrected chi connectivity index (χ3v) is 5.12. The average molecular weight is 315 g/mol. The van der Waals surface area contributed by atoms with Crippen LogP contribution in [0.3, 0.4) is 0 Å². The third kappa shape index (κ3) is 3.74. The first-order valence-corrected chi connectivity index (χ1v) is 8.34. The summed E-state index contributed by atoms with van der Waals surface area (Å²) in [5.74, 6) is 1.00. The molecule has 2 atom stereocenters. The van der Waals surface area contributed by atoms with Crippen molar-refractivity contribution in [2.24, 2.45) is 5.92 Å². The summed E-state index contributed by atoms with van der Waals surface area (Å²) in [6.07, 6.45) is -2.07. The zero-order valence-corrected chi connectivity index (χ0v) is 13.0. The number of hydrogen-bond acceptors (Lipinski definition) is 5. The molecule has 1 saturated heterocycles. The molecule has 7 heteroatoms. The fraction of sp³-hybridized carbons (Fsp3) is 0.571. The standard InChI is InChI=1S/C14H21NO5S/c1-10(2)9-20-11-3-5-12(6-4-11)21(18,19)15-7-13(16)14(17)8-15/h3-6,10,13-14,16-17H,7-9H2,1-2H3/t13-,14+. The van der Waals surface area contributed by atoms with Gasteiger partial charge >= 0.3 is 0 Å². The third-order valence-electron chi connectivity index (χ3n) is 3.27. The zero-order valence-electron chi connectivity index (χ0n) is 12.1. The maximum atomic E-state index is 12.4. The van der Waals surface area contributed by atoms with E-state index in [1.807, 2.05) is 13.8 Å². The van der Waals surface area contributed by atoms with Crippen molar-refractivity contribution in [2.75, 3.05) is 19.7 Å². The van der Waals surface area contributed by atoms with Crippen LogP contribution in [0.5, 0.6) is 5.75 Å². The summed E-state index contributed by atoms with van der Waals surface area (Å²) >= 11 is 0. The van der Waals surface area contributed by atoms with Crippen molar-refractivity contribution in [2.45, 2.75) is 31.0 Å². The fourth-order valence-corrected chi connectivity index (χ4v) is 3.53. The van der Waals surface area contributed by atoms with Crippen LogP contribution in [-0.4, -0.2) is 54.8 Å². The van der Waals surface area contributed by atoms with Gasteiger partial charge in [0, 0.05) is 13.1 Å². The Kier molecular flexibility index (Phi) is 4.88. The second kappa shape index (κ2) is 6.31. The van der Waals surface area contributed by atoms with Crippen molar-refractivity contribution in [1.82, 2.24) is 4.31 Å². The molecule has 2 rings (SSSR count). The van der Waals surface area contributed by atoms with Crippen molar-refractivity contribution in [3.05, 3.63) is 24.3 Å². The SMILES string of the molecule is CC(C)COc1ccc(S(=O)(=O)N2C[C@@H](O)[C@@H](O)C2)cc1. The summed E-state index contributed by atoms with van der Waals surface area (Å²) < 4.78 is 31.3. The lowest BCUT2D eigenvalue weighted by Gasteiger charge is -2.16. The minimum absolute atomic E-state index is 0.0882. The van der Waals surface area contributed by atoms with Crippen LogP contribution in [0, 0.1) is 5.92 Å². The van der Waals surface area contributed by atoms with Gasteiger partial charge in [-0.1, -0.05) is 13.8 Å². The van der Waals surface area contributed by atoms with Gasteiger partial charge in [0.05, 0.1) is 23.7 Å². The molecule has 0 bridgehead atoms. The summed E-state index contributed by atoms with van der Waals surface area (Å²) in [5, 5.41) is 18.9. The number of ether oxygens (including phenoxy) is 1. The van der Waals surface area contributed by atoms with E-state index in [-0.39, 0.29) is 18.0 Å². The van der Waals surface area contributed by atoms with Gasteiger partial charge in [0.2, 0.25) is 10.0 Å². The molecule has 0 radical (unpaired) electrons. The molecule has 1 heterocycles. The molecule has 2 N–H and O–H groups in total. The number of rotatable bonds is 5. The van der Waals surface area contributed by atoms with Gasteiger partial charge in [-0.15, -0.1) is 0 Å². The minimum atomic E-state index is -3.69. The molecule has 0 amide bonds. The molecular weight excluding hydrogens is 294 g/mol. The lowest BCUT2D eigenvalue weighted by atomic mass is 10.2. The van der Waals surface area contributed by atoms with E-state index in [0.717, 1.165) is 4.31 Å². The number of hydrogen-bond donors (Lipinski definition) is 2. The smallest absolute Gasteiger partial charge is 0.243 e. The first kappa shape index (κ1) is 16.2. The second-order valence-electron chi connectivity index (χ2n) is 5.63. The van der Waals surface area contributed by atoms with E-state index in [2.05, 4.69) is 0 Å². The van der Waals surface area contributed by atoms with Crippen molar-refractivity contribution in [1.29, 1.82) is 0 Å². The van der Waals surface area contributed by atoms with Gasteiger partial charge in [-0.25, -0.2) is 8.42 Å². The number of aliphatic hydroxyl groups excluding tert-OH is 2. The maximum absolute atomic E-state index is 12.4. The van der Waals surface area contributed by atoms with Crippen LogP contribution in [-0.2, 0) is 10.0 Å². The Morgan fingerprint density at radius 2 is 1.71 bits per heavy atom. The average Bonchev–Trinajstić information content (AvgIpc) is 2.77. The predicted molar refractivity (Wildman–Crippen MR) is 77.5 cm³/mol. The molecule has 118 valence electrons. The van der Waals surface area contributed by atoms with Crippen molar-refractivity contribution < 1.29 is 23.4 Å². The van der Waals surface area contributed by atoms with E-state index < -0.39 is 22.2 Å². The van der Waals surface area contributed by atoms with Gasteiger partial charge in [-0.05, 0) is 30.2 Å². The van der Waals surface area contributed by atoms with E-state index in [9.17, 15) is 18.6 Å². The molecule has 21 heavy (non-hydrogen) atoms. The molecule has 0 unspecified atom stereocenters. The van der Waals surface area contributed by atoms with Crippen LogP contribution in [0.1, 0.15) is 13.8 Å². The van der Waals surface area contributed by atoms with Gasteiger partial charge in [0.1, 0.15) is 5.75 Å². The fourth-order valence-electron chi connectivity index (χ4n) is 2.05. The first-order chi connectivity index (χ1) is 9.80. The van der Waals surface area contributed by atoms with E-state index in [1.54, 1.807) is 12.1 Å². The molecule has 6 nitrogen and oxygen atoms in total. The minimum Gasteiger partial charge on any atom is -0.493 e. The van der Waals surface area contributed by atoms with Crippen LogP contribution >= 0.6 is 0 Å². The van der Waals surface area contributed by atoms with Crippen molar-refractivity contribution in [3.63, 3.8) is 0 Å². The topological polar surface area (TPSA) is 87.1 Å². The van der Waals surface area contributed by atoms with Gasteiger partial charge in [-0.2, -0.15) is 4.31 Å². The number of nitrogens with zero attached hydrogens (tertiary/aromatic N) is 1. The monoisotopic (exact) mass is 315 g/mol. The van der Waals surface area contributed by atoms with E-state index in [4.69, 9.17) is 4.74 Å². The van der Waals surface area contributed by atoms with Gasteiger partial charge in [0.25, 0.3) is 0 Å². The molecule has 1 fully saturated rings. The summed E-state index contributed by atoms with van der Waals surface area (Å²) in [6.45, 7) is 4.45. The summed E-state index contributed by atoms with van der Waals surface area (Å²) in [5.41, 5.74) is 0. The Morgan fingerprint density at radius 1 is 1.19 bits per heavy atom. The number of benzene rings is 1. The Labute approximate surface area is 125 Å². The Balaban J connectivity index is 2.10. The van der Waals surface area contributed by atoms with Crippen molar-refractivity contribution >= 4 is 10.0 Å². The molecule has 1 aromatic rings. The lowest BCUT2D eigenvalue weighted by Crippen LogP contribution is -2.29. The highest BCUT2D eigenvalue weighted by Crippen LogP contribution is 2.23. The summed E-state index contributed by atoms with van der Waals surface area (Å²) in [7, 11) is -3.69. The van der Waals surface area contributed by atoms with E-state index >= 15 is 0 Å². The molecule has 0 saturated carbocycles. The number of β-amino-alcohol motifs (C(OH)–C–C–N with tert-alkyl or cyclic N) is 2. The van der Waals surface area contributed by atoms with Gasteiger partial charge in [-0.3, -0.25) is 0 Å². The lowest BCUT2D eigenvalue weighted by molar-refractivity contribution is 0.0572. The van der Waals surface area contributed by atoms with E-state index in [1.165, 1.54) is 12.1 Å². The van der Waals surface area contributed by atoms with Crippen LogP contribution in [0.2, 0.25) is 0 Å². The molecule has 1 aromatic carbocycles. The van der Waals surface area contributed by atoms with Crippen molar-refractivity contribution in [3.8, 4) is 5.75 Å². The molecule has 0 aliphatic carbocycles. The Bertz CT molecular complexity index is 560. The quantitative estimate of drug-likeness (QED) is 0.824.